The molecule has 0 aromatic carbocycles. The Bertz CT molecular complexity index is 485. The highest BCUT2D eigenvalue weighted by Gasteiger charge is 2.09. The maximum atomic E-state index is 5.52. The van der Waals surface area contributed by atoms with Gasteiger partial charge in [-0.3, -0.25) is 4.68 Å². The van der Waals surface area contributed by atoms with Crippen LogP contribution in [-0.2, 0) is 6.54 Å². The number of aryl methyl sites for hydroxylation is 1. The lowest BCUT2D eigenvalue weighted by atomic mass is 10.2. The van der Waals surface area contributed by atoms with E-state index in [1.54, 1.807) is 0 Å². The summed E-state index contributed by atoms with van der Waals surface area (Å²) >= 11 is 1.40. The van der Waals surface area contributed by atoms with Crippen LogP contribution in [-0.4, -0.2) is 20.0 Å². The first-order valence-electron chi connectivity index (χ1n) is 4.66. The number of hydrogen-bond donors (Lipinski definition) is 1. The van der Waals surface area contributed by atoms with Crippen molar-refractivity contribution in [2.75, 3.05) is 5.73 Å². The number of hydrogen-bond acceptors (Lipinski definition) is 5. The van der Waals surface area contributed by atoms with Crippen LogP contribution < -0.4 is 5.73 Å². The summed E-state index contributed by atoms with van der Waals surface area (Å²) < 4.78 is 1.94. The zero-order valence-electron chi connectivity index (χ0n) is 8.98. The molecule has 0 bridgehead atoms. The number of nitrogens with zero attached hydrogens (tertiary/aromatic N) is 4. The Hall–Kier alpha value is -1.43. The fraction of sp³-hybridized carbons (Fsp3) is 0.444. The van der Waals surface area contributed by atoms with Gasteiger partial charge in [-0.05, 0) is 26.3 Å². The van der Waals surface area contributed by atoms with E-state index in [1.807, 2.05) is 11.6 Å². The molecule has 0 fully saturated rings. The van der Waals surface area contributed by atoms with E-state index in [0.29, 0.717) is 11.7 Å². The second kappa shape index (κ2) is 3.62. The van der Waals surface area contributed by atoms with Crippen molar-refractivity contribution < 1.29 is 0 Å². The van der Waals surface area contributed by atoms with Gasteiger partial charge < -0.3 is 5.73 Å². The molecule has 0 spiro atoms. The molecule has 0 aliphatic heterocycles. The fourth-order valence-electron chi connectivity index (χ4n) is 1.40. The minimum Gasteiger partial charge on any atom is -0.374 e. The van der Waals surface area contributed by atoms with Gasteiger partial charge >= 0.3 is 0 Å². The van der Waals surface area contributed by atoms with Crippen LogP contribution in [0.1, 0.15) is 22.0 Å². The van der Waals surface area contributed by atoms with Gasteiger partial charge in [-0.2, -0.15) is 5.10 Å². The summed E-state index contributed by atoms with van der Waals surface area (Å²) in [7, 11) is 0. The van der Waals surface area contributed by atoms with E-state index in [-0.39, 0.29) is 0 Å². The molecule has 2 aromatic rings. The smallest absolute Gasteiger partial charge is 0.203 e. The van der Waals surface area contributed by atoms with Crippen molar-refractivity contribution in [3.8, 4) is 0 Å². The summed E-state index contributed by atoms with van der Waals surface area (Å²) in [5.74, 6) is 0. The molecule has 5 nitrogen and oxygen atoms in total. The van der Waals surface area contributed by atoms with E-state index in [1.165, 1.54) is 22.6 Å². The Morgan fingerprint density at radius 2 is 2.00 bits per heavy atom. The van der Waals surface area contributed by atoms with E-state index in [4.69, 9.17) is 5.73 Å². The molecule has 0 radical (unpaired) electrons. The van der Waals surface area contributed by atoms with Crippen LogP contribution in [0.5, 0.6) is 0 Å². The first-order valence-corrected chi connectivity index (χ1v) is 5.48. The molecule has 80 valence electrons. The molecule has 2 rings (SSSR count). The normalized spacial score (nSPS) is 10.9. The topological polar surface area (TPSA) is 69.6 Å². The SMILES string of the molecule is Cc1nn(Cc2nnc(N)s2)c(C)c1C. The predicted octanol–water partition coefficient (Wildman–Crippen LogP) is 1.29. The van der Waals surface area contributed by atoms with Gasteiger partial charge in [0.2, 0.25) is 5.13 Å². The van der Waals surface area contributed by atoms with Crippen LogP contribution in [0.2, 0.25) is 0 Å². The molecule has 0 aliphatic carbocycles. The Morgan fingerprint density at radius 3 is 2.47 bits per heavy atom. The highest BCUT2D eigenvalue weighted by molar-refractivity contribution is 7.15. The zero-order chi connectivity index (χ0) is 11.0. The maximum absolute atomic E-state index is 5.52. The second-order valence-corrected chi connectivity index (χ2v) is 4.58. The zero-order valence-corrected chi connectivity index (χ0v) is 9.80. The Balaban J connectivity index is 2.28. The number of anilines is 1. The molecule has 2 aromatic heterocycles. The molecular formula is C9H13N5S. The third-order valence-electron chi connectivity index (χ3n) is 2.51. The highest BCUT2D eigenvalue weighted by atomic mass is 32.1. The van der Waals surface area contributed by atoms with Gasteiger partial charge in [0.1, 0.15) is 5.01 Å². The van der Waals surface area contributed by atoms with E-state index in [2.05, 4.69) is 29.1 Å². The second-order valence-electron chi connectivity index (χ2n) is 3.49. The summed E-state index contributed by atoms with van der Waals surface area (Å²) in [6, 6.07) is 0. The molecule has 2 N–H and O–H groups in total. The lowest BCUT2D eigenvalue weighted by molar-refractivity contribution is 0.651. The monoisotopic (exact) mass is 223 g/mol. The van der Waals surface area contributed by atoms with Crippen molar-refractivity contribution >= 4 is 16.5 Å². The molecular weight excluding hydrogens is 210 g/mol. The summed E-state index contributed by atoms with van der Waals surface area (Å²) in [5, 5.41) is 13.6. The molecule has 0 amide bonds. The molecule has 0 aliphatic rings. The fourth-order valence-corrected chi connectivity index (χ4v) is 1.99. The third-order valence-corrected chi connectivity index (χ3v) is 3.25. The Morgan fingerprint density at radius 1 is 1.27 bits per heavy atom. The lowest BCUT2D eigenvalue weighted by Crippen LogP contribution is -2.03. The summed E-state index contributed by atoms with van der Waals surface area (Å²) in [6.45, 7) is 6.78. The van der Waals surface area contributed by atoms with Crippen LogP contribution in [0, 0.1) is 20.8 Å². The van der Waals surface area contributed by atoms with Crippen LogP contribution in [0.4, 0.5) is 5.13 Å². The van der Waals surface area contributed by atoms with E-state index >= 15 is 0 Å². The molecule has 0 saturated heterocycles. The van der Waals surface area contributed by atoms with Crippen molar-refractivity contribution in [3.05, 3.63) is 22.0 Å². The molecule has 0 atom stereocenters. The lowest BCUT2D eigenvalue weighted by Gasteiger charge is -2.00. The summed E-state index contributed by atoms with van der Waals surface area (Å²) in [4.78, 5) is 0. The average Bonchev–Trinajstić information content (AvgIpc) is 2.68. The van der Waals surface area contributed by atoms with Crippen molar-refractivity contribution in [2.24, 2.45) is 0 Å². The van der Waals surface area contributed by atoms with Crippen molar-refractivity contribution in [1.82, 2.24) is 20.0 Å². The van der Waals surface area contributed by atoms with Crippen LogP contribution >= 0.6 is 11.3 Å². The minimum absolute atomic E-state index is 0.503. The van der Waals surface area contributed by atoms with Gasteiger partial charge in [0.05, 0.1) is 12.2 Å². The molecule has 15 heavy (non-hydrogen) atoms. The van der Waals surface area contributed by atoms with Crippen molar-refractivity contribution in [1.29, 1.82) is 0 Å². The van der Waals surface area contributed by atoms with E-state index in [0.717, 1.165) is 10.7 Å². The molecule has 0 unspecified atom stereocenters. The summed E-state index contributed by atoms with van der Waals surface area (Å²) in [5.41, 5.74) is 8.98. The van der Waals surface area contributed by atoms with Gasteiger partial charge in [0.25, 0.3) is 0 Å². The van der Waals surface area contributed by atoms with Crippen LogP contribution in [0.25, 0.3) is 0 Å². The average molecular weight is 223 g/mol. The summed E-state index contributed by atoms with van der Waals surface area (Å²) in [6.07, 6.45) is 0. The van der Waals surface area contributed by atoms with Gasteiger partial charge in [0, 0.05) is 5.69 Å². The van der Waals surface area contributed by atoms with Gasteiger partial charge in [0.15, 0.2) is 0 Å². The predicted molar refractivity (Wildman–Crippen MR) is 59.9 cm³/mol. The van der Waals surface area contributed by atoms with Crippen LogP contribution in [0.15, 0.2) is 0 Å². The van der Waals surface area contributed by atoms with E-state index in [9.17, 15) is 0 Å². The van der Waals surface area contributed by atoms with Crippen molar-refractivity contribution in [3.63, 3.8) is 0 Å². The van der Waals surface area contributed by atoms with E-state index < -0.39 is 0 Å². The third kappa shape index (κ3) is 1.85. The number of rotatable bonds is 2. The first-order chi connectivity index (χ1) is 7.08. The molecule has 6 heteroatoms. The highest BCUT2D eigenvalue weighted by Crippen LogP contribution is 2.16. The largest absolute Gasteiger partial charge is 0.374 e. The molecule has 0 saturated carbocycles. The number of nitrogens with two attached hydrogens (primary N) is 1. The number of nitrogen functional groups attached to an aromatic ring is 1. The maximum Gasteiger partial charge on any atom is 0.203 e. The minimum atomic E-state index is 0.503. The van der Waals surface area contributed by atoms with Crippen molar-refractivity contribution in [2.45, 2.75) is 27.3 Å². The number of aromatic nitrogens is 4. The molecule has 2 heterocycles. The van der Waals surface area contributed by atoms with Gasteiger partial charge in [-0.25, -0.2) is 0 Å². The standard InChI is InChI=1S/C9H13N5S/c1-5-6(2)13-14(7(5)3)4-8-11-12-9(10)15-8/h4H2,1-3H3,(H2,10,12). The van der Waals surface area contributed by atoms with Gasteiger partial charge in [-0.15, -0.1) is 10.2 Å². The van der Waals surface area contributed by atoms with Crippen LogP contribution in [0.3, 0.4) is 0 Å². The van der Waals surface area contributed by atoms with Gasteiger partial charge in [-0.1, -0.05) is 11.3 Å². The Labute approximate surface area is 91.9 Å². The Kier molecular flexibility index (Phi) is 2.44. The first kappa shape index (κ1) is 10.1. The quantitative estimate of drug-likeness (QED) is 0.833.